The van der Waals surface area contributed by atoms with Crippen molar-refractivity contribution in [3.8, 4) is 0 Å². The molecule has 1 saturated heterocycles. The van der Waals surface area contributed by atoms with E-state index in [0.717, 1.165) is 12.8 Å². The fourth-order valence-corrected chi connectivity index (χ4v) is 4.80. The van der Waals surface area contributed by atoms with Crippen molar-refractivity contribution < 1.29 is 22.6 Å². The van der Waals surface area contributed by atoms with E-state index in [2.05, 4.69) is 24.9 Å². The maximum absolute atomic E-state index is 13.2. The summed E-state index contributed by atoms with van der Waals surface area (Å²) in [6.07, 6.45) is 3.21. The summed E-state index contributed by atoms with van der Waals surface area (Å²) < 4.78 is 47.3. The number of nitrogens with zero attached hydrogens (tertiary/aromatic N) is 5. The van der Waals surface area contributed by atoms with E-state index in [-0.39, 0.29) is 23.5 Å². The van der Waals surface area contributed by atoms with Gasteiger partial charge in [0.05, 0.1) is 23.8 Å². The summed E-state index contributed by atoms with van der Waals surface area (Å²) in [5.74, 6) is 0.851. The van der Waals surface area contributed by atoms with Gasteiger partial charge in [0.1, 0.15) is 17.5 Å². The molecule has 32 heavy (non-hydrogen) atoms. The molecule has 0 radical (unpaired) electrons. The highest BCUT2D eigenvalue weighted by Crippen LogP contribution is 2.39. The maximum Gasteiger partial charge on any atom is 0.240 e. The standard InChI is InChI=1S/C19H29ClN6O5S/c1-12(15(30-5)16-21-10-13(20)11-22-16)32(27,28)25-18-24-23-17(26(18)8-9-29-4)14-6-7-19(2,3)31-14/h10-12,14-15H,6-9H2,1-5H3,(H,24,25)/t12-,14-,15-/m0/s1. The molecule has 0 spiro atoms. The van der Waals surface area contributed by atoms with Crippen LogP contribution in [0.2, 0.25) is 5.02 Å². The summed E-state index contributed by atoms with van der Waals surface area (Å²) >= 11 is 5.83. The molecular weight excluding hydrogens is 460 g/mol. The van der Waals surface area contributed by atoms with Gasteiger partial charge in [-0.25, -0.2) is 18.4 Å². The number of hydrogen-bond acceptors (Lipinski definition) is 9. The highest BCUT2D eigenvalue weighted by atomic mass is 35.5. The molecule has 0 aromatic carbocycles. The van der Waals surface area contributed by atoms with Crippen LogP contribution in [0, 0.1) is 0 Å². The van der Waals surface area contributed by atoms with E-state index in [1.807, 2.05) is 13.8 Å². The number of nitrogens with one attached hydrogen (secondary N) is 1. The second-order valence-electron chi connectivity index (χ2n) is 8.20. The number of halogens is 1. The lowest BCUT2D eigenvalue weighted by Crippen LogP contribution is -2.33. The number of sulfonamides is 1. The van der Waals surface area contributed by atoms with Gasteiger partial charge in [0, 0.05) is 26.6 Å². The number of methoxy groups -OCH3 is 2. The Morgan fingerprint density at radius 1 is 1.31 bits per heavy atom. The van der Waals surface area contributed by atoms with Gasteiger partial charge in [0.25, 0.3) is 0 Å². The van der Waals surface area contributed by atoms with Gasteiger partial charge >= 0.3 is 0 Å². The van der Waals surface area contributed by atoms with E-state index in [0.29, 0.717) is 24.0 Å². The zero-order valence-electron chi connectivity index (χ0n) is 18.8. The van der Waals surface area contributed by atoms with Crippen molar-refractivity contribution in [3.63, 3.8) is 0 Å². The van der Waals surface area contributed by atoms with Crippen LogP contribution in [0.3, 0.4) is 0 Å². The monoisotopic (exact) mass is 488 g/mol. The topological polar surface area (TPSA) is 130 Å². The van der Waals surface area contributed by atoms with Crippen LogP contribution < -0.4 is 4.72 Å². The lowest BCUT2D eigenvalue weighted by molar-refractivity contribution is -0.0217. The van der Waals surface area contributed by atoms with E-state index in [1.54, 1.807) is 11.7 Å². The first-order valence-electron chi connectivity index (χ1n) is 10.2. The zero-order valence-corrected chi connectivity index (χ0v) is 20.4. The summed E-state index contributed by atoms with van der Waals surface area (Å²) in [4.78, 5) is 8.19. The predicted molar refractivity (Wildman–Crippen MR) is 118 cm³/mol. The van der Waals surface area contributed by atoms with Gasteiger partial charge in [0.2, 0.25) is 16.0 Å². The molecule has 3 atom stereocenters. The lowest BCUT2D eigenvalue weighted by Gasteiger charge is -2.22. The van der Waals surface area contributed by atoms with Crippen molar-refractivity contribution in [2.45, 2.75) is 63.2 Å². The largest absolute Gasteiger partial charge is 0.383 e. The van der Waals surface area contributed by atoms with Gasteiger partial charge in [-0.1, -0.05) is 11.6 Å². The Bertz CT molecular complexity index is 1010. The van der Waals surface area contributed by atoms with Crippen LogP contribution in [0.15, 0.2) is 12.4 Å². The quantitative estimate of drug-likeness (QED) is 0.535. The van der Waals surface area contributed by atoms with Crippen LogP contribution in [0.4, 0.5) is 5.95 Å². The zero-order chi connectivity index (χ0) is 23.5. The van der Waals surface area contributed by atoms with E-state index < -0.39 is 21.4 Å². The maximum atomic E-state index is 13.2. The first-order valence-corrected chi connectivity index (χ1v) is 12.1. The van der Waals surface area contributed by atoms with E-state index >= 15 is 0 Å². The molecule has 1 N–H and O–H groups in total. The fraction of sp³-hybridized carbons (Fsp3) is 0.684. The van der Waals surface area contributed by atoms with Gasteiger partial charge in [-0.05, 0) is 33.6 Å². The lowest BCUT2D eigenvalue weighted by atomic mass is 10.1. The van der Waals surface area contributed by atoms with E-state index in [1.165, 1.54) is 26.4 Å². The summed E-state index contributed by atoms with van der Waals surface area (Å²) in [6, 6.07) is 0. The minimum absolute atomic E-state index is 0.0871. The summed E-state index contributed by atoms with van der Waals surface area (Å²) in [6.45, 7) is 6.24. The number of aromatic nitrogens is 5. The number of anilines is 1. The summed E-state index contributed by atoms with van der Waals surface area (Å²) in [5.41, 5.74) is -0.277. The molecule has 1 aliphatic heterocycles. The highest BCUT2D eigenvalue weighted by molar-refractivity contribution is 7.93. The van der Waals surface area contributed by atoms with Gasteiger partial charge in [-0.15, -0.1) is 10.2 Å². The third-order valence-corrected chi connectivity index (χ3v) is 7.24. The van der Waals surface area contributed by atoms with Crippen LogP contribution in [0.5, 0.6) is 0 Å². The van der Waals surface area contributed by atoms with E-state index in [4.69, 9.17) is 25.8 Å². The Labute approximate surface area is 192 Å². The average Bonchev–Trinajstić information content (AvgIpc) is 3.30. The third kappa shape index (κ3) is 5.54. The second-order valence-corrected chi connectivity index (χ2v) is 10.7. The van der Waals surface area contributed by atoms with Gasteiger partial charge in [-0.3, -0.25) is 9.29 Å². The first-order chi connectivity index (χ1) is 15.1. The Morgan fingerprint density at radius 2 is 2.00 bits per heavy atom. The third-order valence-electron chi connectivity index (χ3n) is 5.35. The van der Waals surface area contributed by atoms with Crippen molar-refractivity contribution in [2.75, 3.05) is 25.5 Å². The molecule has 11 nitrogen and oxygen atoms in total. The molecule has 0 aliphatic carbocycles. The van der Waals surface area contributed by atoms with Crippen molar-refractivity contribution >= 4 is 27.6 Å². The van der Waals surface area contributed by atoms with Crippen LogP contribution in [-0.2, 0) is 30.8 Å². The fourth-order valence-electron chi connectivity index (χ4n) is 3.55. The molecule has 178 valence electrons. The Hall–Kier alpha value is -1.86. The first kappa shape index (κ1) is 24.8. The highest BCUT2D eigenvalue weighted by Gasteiger charge is 2.37. The number of rotatable bonds is 10. The molecule has 0 saturated carbocycles. The van der Waals surface area contributed by atoms with Crippen LogP contribution in [0.1, 0.15) is 57.5 Å². The minimum Gasteiger partial charge on any atom is -0.383 e. The van der Waals surface area contributed by atoms with Crippen LogP contribution in [0.25, 0.3) is 0 Å². The van der Waals surface area contributed by atoms with E-state index in [9.17, 15) is 8.42 Å². The molecule has 1 fully saturated rings. The Balaban J connectivity index is 1.86. The molecule has 2 aromatic heterocycles. The normalized spacial score (nSPS) is 20.2. The molecular formula is C19H29ClN6O5S. The SMILES string of the molecule is COCCn1c(NS(=O)(=O)[C@@H](C)[C@H](OC)c2ncc(Cl)cn2)nnc1[C@@H]1CCC(C)(C)O1. The minimum atomic E-state index is -3.96. The van der Waals surface area contributed by atoms with Crippen molar-refractivity contribution in [1.29, 1.82) is 0 Å². The predicted octanol–water partition coefficient (Wildman–Crippen LogP) is 2.52. The van der Waals surface area contributed by atoms with Gasteiger partial charge in [-0.2, -0.15) is 0 Å². The molecule has 0 amide bonds. The molecule has 0 unspecified atom stereocenters. The van der Waals surface area contributed by atoms with Gasteiger partial charge in [0.15, 0.2) is 11.6 Å². The molecule has 0 bridgehead atoms. The molecule has 3 rings (SSSR count). The second kappa shape index (κ2) is 9.96. The summed E-state index contributed by atoms with van der Waals surface area (Å²) in [7, 11) is -0.991. The molecule has 13 heteroatoms. The number of hydrogen-bond donors (Lipinski definition) is 1. The Kier molecular flexibility index (Phi) is 7.71. The van der Waals surface area contributed by atoms with Crippen molar-refractivity contribution in [1.82, 2.24) is 24.7 Å². The van der Waals surface area contributed by atoms with Gasteiger partial charge < -0.3 is 14.2 Å². The molecule has 1 aliphatic rings. The molecule has 2 aromatic rings. The average molecular weight is 489 g/mol. The smallest absolute Gasteiger partial charge is 0.240 e. The van der Waals surface area contributed by atoms with Crippen molar-refractivity contribution in [2.24, 2.45) is 0 Å². The van der Waals surface area contributed by atoms with Crippen molar-refractivity contribution in [3.05, 3.63) is 29.1 Å². The molecule has 3 heterocycles. The van der Waals surface area contributed by atoms with Crippen LogP contribution >= 0.6 is 11.6 Å². The Morgan fingerprint density at radius 3 is 2.56 bits per heavy atom. The number of ether oxygens (including phenoxy) is 3. The summed E-state index contributed by atoms with van der Waals surface area (Å²) in [5, 5.41) is 7.63. The van der Waals surface area contributed by atoms with Crippen LogP contribution in [-0.4, -0.2) is 64.8 Å².